The van der Waals surface area contributed by atoms with Crippen LogP contribution in [0.5, 0.6) is 0 Å². The molecule has 1 N–H and O–H groups in total. The summed E-state index contributed by atoms with van der Waals surface area (Å²) >= 11 is 0. The van der Waals surface area contributed by atoms with E-state index in [0.29, 0.717) is 11.1 Å². The molecule has 102 valence electrons. The Balaban J connectivity index is 2.03. The maximum atomic E-state index is 11.9. The zero-order valence-electron chi connectivity index (χ0n) is 9.89. The Morgan fingerprint density at radius 3 is 2.79 bits per heavy atom. The summed E-state index contributed by atoms with van der Waals surface area (Å²) in [4.78, 5) is 4.11. The Hall–Kier alpha value is -1.66. The molecule has 0 saturated carbocycles. The number of nitrogens with zero attached hydrogens (tertiary/aromatic N) is 1. The number of ether oxygens (including phenoxy) is 1. The van der Waals surface area contributed by atoms with Crippen molar-refractivity contribution in [2.75, 3.05) is 13.2 Å². The predicted octanol–water partition coefficient (Wildman–Crippen LogP) is 2.85. The number of hydrogen-bond acceptors (Lipinski definition) is 3. The number of fused-ring (bicyclic) bond motifs is 1. The van der Waals surface area contributed by atoms with Crippen LogP contribution in [0, 0.1) is 0 Å². The van der Waals surface area contributed by atoms with Gasteiger partial charge in [-0.1, -0.05) is 18.2 Å². The number of hydrogen-bond donors (Lipinski definition) is 1. The highest BCUT2D eigenvalue weighted by Gasteiger charge is 2.27. The molecular formula is C13H12F3NO2. The van der Waals surface area contributed by atoms with Gasteiger partial charge in [-0.2, -0.15) is 13.2 Å². The summed E-state index contributed by atoms with van der Waals surface area (Å²) in [6.07, 6.45) is -3.88. The molecule has 19 heavy (non-hydrogen) atoms. The van der Waals surface area contributed by atoms with Gasteiger partial charge in [0.1, 0.15) is 12.7 Å². The number of aliphatic hydroxyl groups is 1. The van der Waals surface area contributed by atoms with Crippen molar-refractivity contribution in [1.29, 1.82) is 0 Å². The van der Waals surface area contributed by atoms with Crippen molar-refractivity contribution in [2.24, 2.45) is 0 Å². The summed E-state index contributed by atoms with van der Waals surface area (Å²) in [5, 5.41) is 10.7. The van der Waals surface area contributed by atoms with Crippen LogP contribution in [0.4, 0.5) is 13.2 Å². The molecule has 1 aromatic carbocycles. The van der Waals surface area contributed by atoms with E-state index in [1.807, 2.05) is 6.07 Å². The van der Waals surface area contributed by atoms with Crippen LogP contribution in [0.1, 0.15) is 11.7 Å². The molecule has 0 saturated heterocycles. The number of pyridine rings is 1. The number of benzene rings is 1. The summed E-state index contributed by atoms with van der Waals surface area (Å²) in [6.45, 7) is -1.77. The fraction of sp³-hybridized carbons (Fsp3) is 0.308. The first-order chi connectivity index (χ1) is 8.96. The second-order valence-electron chi connectivity index (χ2n) is 4.10. The normalized spacial score (nSPS) is 13.7. The average molecular weight is 271 g/mol. The minimum absolute atomic E-state index is 0.405. The molecule has 3 nitrogen and oxygen atoms in total. The molecule has 1 unspecified atom stereocenters. The largest absolute Gasteiger partial charge is 0.411 e. The molecule has 0 spiro atoms. The fourth-order valence-corrected chi connectivity index (χ4v) is 1.67. The maximum Gasteiger partial charge on any atom is 0.411 e. The minimum Gasteiger partial charge on any atom is -0.386 e. The van der Waals surface area contributed by atoms with Gasteiger partial charge in [0, 0.05) is 11.6 Å². The Morgan fingerprint density at radius 1 is 1.26 bits per heavy atom. The van der Waals surface area contributed by atoms with E-state index in [2.05, 4.69) is 9.72 Å². The first-order valence-corrected chi connectivity index (χ1v) is 5.63. The van der Waals surface area contributed by atoms with Crippen molar-refractivity contribution >= 4 is 10.9 Å². The second-order valence-corrected chi connectivity index (χ2v) is 4.10. The summed E-state index contributed by atoms with van der Waals surface area (Å²) in [5.41, 5.74) is 1.16. The van der Waals surface area contributed by atoms with Crippen LogP contribution in [-0.4, -0.2) is 29.5 Å². The van der Waals surface area contributed by atoms with Gasteiger partial charge in [-0.25, -0.2) is 0 Å². The van der Waals surface area contributed by atoms with Gasteiger partial charge in [-0.05, 0) is 17.7 Å². The molecule has 0 fully saturated rings. The number of aliphatic hydroxyl groups excluding tert-OH is 1. The molecule has 0 aliphatic carbocycles. The Bertz CT molecular complexity index is 557. The van der Waals surface area contributed by atoms with Crippen molar-refractivity contribution < 1.29 is 23.0 Å². The quantitative estimate of drug-likeness (QED) is 0.929. The number of aromatic nitrogens is 1. The van der Waals surface area contributed by atoms with Gasteiger partial charge in [-0.3, -0.25) is 4.98 Å². The molecule has 0 aliphatic heterocycles. The molecule has 1 heterocycles. The number of rotatable bonds is 4. The summed E-state index contributed by atoms with van der Waals surface area (Å²) in [7, 11) is 0. The van der Waals surface area contributed by atoms with Crippen molar-refractivity contribution in [3.8, 4) is 0 Å². The van der Waals surface area contributed by atoms with E-state index >= 15 is 0 Å². The first-order valence-electron chi connectivity index (χ1n) is 5.63. The molecule has 0 bridgehead atoms. The van der Waals surface area contributed by atoms with E-state index in [-0.39, 0.29) is 0 Å². The molecule has 2 aromatic rings. The third-order valence-corrected chi connectivity index (χ3v) is 2.56. The van der Waals surface area contributed by atoms with E-state index < -0.39 is 25.5 Å². The minimum atomic E-state index is -4.38. The molecule has 1 atom stereocenters. The fourth-order valence-electron chi connectivity index (χ4n) is 1.67. The lowest BCUT2D eigenvalue weighted by molar-refractivity contribution is -0.179. The van der Waals surface area contributed by atoms with E-state index in [0.717, 1.165) is 5.39 Å². The molecule has 0 aliphatic rings. The van der Waals surface area contributed by atoms with Gasteiger partial charge in [0.25, 0.3) is 0 Å². The Morgan fingerprint density at radius 2 is 2.05 bits per heavy atom. The zero-order valence-corrected chi connectivity index (χ0v) is 9.89. The van der Waals surface area contributed by atoms with Gasteiger partial charge < -0.3 is 9.84 Å². The van der Waals surface area contributed by atoms with Crippen molar-refractivity contribution in [3.05, 3.63) is 42.1 Å². The molecule has 6 heteroatoms. The summed E-state index contributed by atoms with van der Waals surface area (Å²) in [6, 6.07) is 8.68. The van der Waals surface area contributed by atoms with Crippen LogP contribution in [0.2, 0.25) is 0 Å². The Kier molecular flexibility index (Phi) is 4.01. The maximum absolute atomic E-state index is 11.9. The third kappa shape index (κ3) is 3.90. The van der Waals surface area contributed by atoms with Crippen LogP contribution >= 0.6 is 0 Å². The van der Waals surface area contributed by atoms with Gasteiger partial charge in [-0.15, -0.1) is 0 Å². The predicted molar refractivity (Wildman–Crippen MR) is 63.6 cm³/mol. The Labute approximate surface area is 107 Å². The SMILES string of the molecule is OC(COCC(F)(F)F)c1ccc2cccnc2c1. The van der Waals surface area contributed by atoms with Gasteiger partial charge in [0.05, 0.1) is 12.1 Å². The summed E-state index contributed by atoms with van der Waals surface area (Å²) in [5.74, 6) is 0. The zero-order chi connectivity index (χ0) is 13.9. The lowest BCUT2D eigenvalue weighted by Crippen LogP contribution is -2.19. The molecule has 1 aromatic heterocycles. The van der Waals surface area contributed by atoms with E-state index in [4.69, 9.17) is 0 Å². The van der Waals surface area contributed by atoms with Crippen molar-refractivity contribution in [2.45, 2.75) is 12.3 Å². The van der Waals surface area contributed by atoms with E-state index in [9.17, 15) is 18.3 Å². The monoisotopic (exact) mass is 271 g/mol. The standard InChI is InChI=1S/C13H12F3NO2/c14-13(15,16)8-19-7-12(18)10-4-3-9-2-1-5-17-11(9)6-10/h1-6,12,18H,7-8H2. The van der Waals surface area contributed by atoms with Gasteiger partial charge in [0.15, 0.2) is 0 Å². The van der Waals surface area contributed by atoms with Crippen molar-refractivity contribution in [3.63, 3.8) is 0 Å². The molecular weight excluding hydrogens is 259 g/mol. The average Bonchev–Trinajstić information content (AvgIpc) is 2.36. The van der Waals surface area contributed by atoms with Crippen LogP contribution in [0.15, 0.2) is 36.5 Å². The van der Waals surface area contributed by atoms with Crippen LogP contribution < -0.4 is 0 Å². The number of alkyl halides is 3. The number of halogens is 3. The van der Waals surface area contributed by atoms with Gasteiger partial charge in [0.2, 0.25) is 0 Å². The molecule has 0 amide bonds. The highest BCUT2D eigenvalue weighted by molar-refractivity contribution is 5.78. The molecule has 0 radical (unpaired) electrons. The lowest BCUT2D eigenvalue weighted by atomic mass is 10.1. The highest BCUT2D eigenvalue weighted by atomic mass is 19.4. The first kappa shape index (κ1) is 13.8. The van der Waals surface area contributed by atoms with E-state index in [1.54, 1.807) is 30.5 Å². The van der Waals surface area contributed by atoms with Crippen LogP contribution in [-0.2, 0) is 4.74 Å². The highest BCUT2D eigenvalue weighted by Crippen LogP contribution is 2.20. The van der Waals surface area contributed by atoms with Crippen molar-refractivity contribution in [1.82, 2.24) is 4.98 Å². The van der Waals surface area contributed by atoms with Gasteiger partial charge >= 0.3 is 6.18 Å². The third-order valence-electron chi connectivity index (χ3n) is 2.56. The molecule has 2 rings (SSSR count). The topological polar surface area (TPSA) is 42.4 Å². The smallest absolute Gasteiger partial charge is 0.386 e. The summed E-state index contributed by atoms with van der Waals surface area (Å²) < 4.78 is 40.1. The van der Waals surface area contributed by atoms with E-state index in [1.165, 1.54) is 0 Å². The lowest BCUT2D eigenvalue weighted by Gasteiger charge is -2.13. The van der Waals surface area contributed by atoms with Crippen LogP contribution in [0.25, 0.3) is 10.9 Å². The van der Waals surface area contributed by atoms with Crippen LogP contribution in [0.3, 0.4) is 0 Å². The second kappa shape index (κ2) is 5.54.